The summed E-state index contributed by atoms with van der Waals surface area (Å²) in [5, 5.41) is 0. The maximum atomic E-state index is 11.8. The summed E-state index contributed by atoms with van der Waals surface area (Å²) in [6.45, 7) is 5.09. The van der Waals surface area contributed by atoms with Gasteiger partial charge in [0.1, 0.15) is 0 Å². The average molecular weight is 260 g/mol. The van der Waals surface area contributed by atoms with E-state index >= 15 is 0 Å². The molecular formula is C15H20N2O2. The van der Waals surface area contributed by atoms with Gasteiger partial charge in [0.25, 0.3) is 0 Å². The van der Waals surface area contributed by atoms with Crippen molar-refractivity contribution in [2.45, 2.75) is 32.0 Å². The van der Waals surface area contributed by atoms with E-state index < -0.39 is 0 Å². The lowest BCUT2D eigenvalue weighted by Gasteiger charge is -2.33. The van der Waals surface area contributed by atoms with E-state index in [4.69, 9.17) is 4.74 Å². The zero-order valence-corrected chi connectivity index (χ0v) is 11.3. The van der Waals surface area contributed by atoms with Crippen LogP contribution in [0.1, 0.15) is 18.9 Å². The Kier molecular flexibility index (Phi) is 3.42. The lowest BCUT2D eigenvalue weighted by Crippen LogP contribution is -2.48. The summed E-state index contributed by atoms with van der Waals surface area (Å²) >= 11 is 0. The molecule has 2 heterocycles. The van der Waals surface area contributed by atoms with Crippen LogP contribution in [0, 0.1) is 0 Å². The van der Waals surface area contributed by atoms with Crippen LogP contribution < -0.4 is 0 Å². The van der Waals surface area contributed by atoms with Gasteiger partial charge in [-0.1, -0.05) is 30.3 Å². The molecule has 2 bridgehead atoms. The monoisotopic (exact) mass is 260 g/mol. The Morgan fingerprint density at radius 2 is 2.05 bits per heavy atom. The van der Waals surface area contributed by atoms with Crippen LogP contribution in [0.4, 0.5) is 4.79 Å². The fraction of sp³-hybridized carbons (Fsp3) is 0.533. The summed E-state index contributed by atoms with van der Waals surface area (Å²) < 4.78 is 5.10. The van der Waals surface area contributed by atoms with Crippen molar-refractivity contribution in [1.82, 2.24) is 9.80 Å². The van der Waals surface area contributed by atoms with E-state index in [2.05, 4.69) is 29.2 Å². The second-order valence-electron chi connectivity index (χ2n) is 5.31. The van der Waals surface area contributed by atoms with Gasteiger partial charge in [0, 0.05) is 31.7 Å². The molecule has 0 radical (unpaired) electrons. The molecule has 2 atom stereocenters. The number of ether oxygens (including phenoxy) is 1. The first-order valence-electron chi connectivity index (χ1n) is 6.99. The molecule has 1 unspecified atom stereocenters. The molecule has 0 N–H and O–H groups in total. The summed E-state index contributed by atoms with van der Waals surface area (Å²) in [4.78, 5) is 16.2. The third-order valence-electron chi connectivity index (χ3n) is 4.08. The number of hydrogen-bond acceptors (Lipinski definition) is 3. The fourth-order valence-corrected chi connectivity index (χ4v) is 3.19. The number of nitrogens with zero attached hydrogens (tertiary/aromatic N) is 2. The first kappa shape index (κ1) is 12.5. The van der Waals surface area contributed by atoms with Crippen LogP contribution in [-0.2, 0) is 11.3 Å². The SMILES string of the molecule is CCOC(=O)N1C[C@@H]2CC1CN2Cc1ccccc1. The van der Waals surface area contributed by atoms with Crippen LogP contribution in [0.5, 0.6) is 0 Å². The molecule has 2 fully saturated rings. The number of likely N-dealkylation sites (tertiary alicyclic amines) is 2. The molecule has 1 aromatic rings. The van der Waals surface area contributed by atoms with Crippen LogP contribution >= 0.6 is 0 Å². The summed E-state index contributed by atoms with van der Waals surface area (Å²) in [7, 11) is 0. The highest BCUT2D eigenvalue weighted by Crippen LogP contribution is 2.32. The van der Waals surface area contributed by atoms with E-state index in [0.29, 0.717) is 18.7 Å². The second-order valence-corrected chi connectivity index (χ2v) is 5.31. The summed E-state index contributed by atoms with van der Waals surface area (Å²) in [5.74, 6) is 0. The first-order chi connectivity index (χ1) is 9.28. The van der Waals surface area contributed by atoms with Gasteiger partial charge in [-0.2, -0.15) is 0 Å². The van der Waals surface area contributed by atoms with E-state index in [1.165, 1.54) is 5.56 Å². The van der Waals surface area contributed by atoms with E-state index in [-0.39, 0.29) is 6.09 Å². The summed E-state index contributed by atoms with van der Waals surface area (Å²) in [6.07, 6.45) is 0.945. The molecule has 1 aromatic carbocycles. The minimum atomic E-state index is -0.144. The van der Waals surface area contributed by atoms with Crippen LogP contribution in [0.15, 0.2) is 30.3 Å². The maximum Gasteiger partial charge on any atom is 0.410 e. The predicted molar refractivity (Wildman–Crippen MR) is 72.8 cm³/mol. The van der Waals surface area contributed by atoms with Crippen molar-refractivity contribution >= 4 is 6.09 Å². The number of carbonyl (C=O) groups excluding carboxylic acids is 1. The zero-order valence-electron chi connectivity index (χ0n) is 11.3. The number of benzene rings is 1. The van der Waals surface area contributed by atoms with Gasteiger partial charge in [0.2, 0.25) is 0 Å². The number of carbonyl (C=O) groups is 1. The highest BCUT2D eigenvalue weighted by molar-refractivity contribution is 5.68. The largest absolute Gasteiger partial charge is 0.450 e. The molecule has 2 saturated heterocycles. The van der Waals surface area contributed by atoms with Gasteiger partial charge in [0.15, 0.2) is 0 Å². The normalized spacial score (nSPS) is 25.8. The topological polar surface area (TPSA) is 32.8 Å². The first-order valence-corrected chi connectivity index (χ1v) is 6.99. The molecule has 0 spiro atoms. The highest BCUT2D eigenvalue weighted by atomic mass is 16.6. The number of piperazine rings is 1. The highest BCUT2D eigenvalue weighted by Gasteiger charge is 2.45. The Bertz CT molecular complexity index is 449. The van der Waals surface area contributed by atoms with Crippen molar-refractivity contribution < 1.29 is 9.53 Å². The quantitative estimate of drug-likeness (QED) is 0.834. The van der Waals surface area contributed by atoms with Gasteiger partial charge in [0.05, 0.1) is 6.61 Å². The Labute approximate surface area is 113 Å². The van der Waals surface area contributed by atoms with Crippen molar-refractivity contribution in [2.75, 3.05) is 19.7 Å². The zero-order chi connectivity index (χ0) is 13.2. The Morgan fingerprint density at radius 1 is 1.26 bits per heavy atom. The molecule has 1 amide bonds. The molecule has 2 aliphatic rings. The number of rotatable bonds is 3. The third-order valence-corrected chi connectivity index (χ3v) is 4.08. The lowest BCUT2D eigenvalue weighted by molar-refractivity contribution is 0.0757. The van der Waals surface area contributed by atoms with E-state index in [0.717, 1.165) is 26.1 Å². The third kappa shape index (κ3) is 2.45. The number of amides is 1. The standard InChI is InChI=1S/C15H20N2O2/c1-2-19-15(18)17-11-13-8-14(17)10-16(13)9-12-6-4-3-5-7-12/h3-7,13-14H,2,8-11H2,1H3/t13-,14?/m0/s1. The van der Waals surface area contributed by atoms with Crippen LogP contribution in [0.2, 0.25) is 0 Å². The van der Waals surface area contributed by atoms with Crippen LogP contribution in [-0.4, -0.2) is 47.7 Å². The van der Waals surface area contributed by atoms with Crippen molar-refractivity contribution in [2.24, 2.45) is 0 Å². The summed E-state index contributed by atoms with van der Waals surface area (Å²) in [6, 6.07) is 11.4. The van der Waals surface area contributed by atoms with Gasteiger partial charge in [-0.05, 0) is 18.9 Å². The number of fused-ring (bicyclic) bond motifs is 2. The molecule has 4 nitrogen and oxygen atoms in total. The van der Waals surface area contributed by atoms with Crippen LogP contribution in [0.3, 0.4) is 0 Å². The fourth-order valence-electron chi connectivity index (χ4n) is 3.19. The minimum absolute atomic E-state index is 0.144. The lowest BCUT2D eigenvalue weighted by atomic mass is 10.2. The van der Waals surface area contributed by atoms with E-state index in [9.17, 15) is 4.79 Å². The predicted octanol–water partition coefficient (Wildman–Crippen LogP) is 2.10. The van der Waals surface area contributed by atoms with Crippen molar-refractivity contribution in [3.63, 3.8) is 0 Å². The smallest absolute Gasteiger partial charge is 0.410 e. The molecule has 0 aromatic heterocycles. The van der Waals surface area contributed by atoms with E-state index in [1.807, 2.05) is 17.9 Å². The molecule has 4 heteroatoms. The molecular weight excluding hydrogens is 240 g/mol. The van der Waals surface area contributed by atoms with Crippen molar-refractivity contribution in [1.29, 1.82) is 0 Å². The molecule has 3 rings (SSSR count). The van der Waals surface area contributed by atoms with E-state index in [1.54, 1.807) is 0 Å². The van der Waals surface area contributed by atoms with Gasteiger partial charge >= 0.3 is 6.09 Å². The molecule has 0 aliphatic carbocycles. The summed E-state index contributed by atoms with van der Waals surface area (Å²) in [5.41, 5.74) is 1.35. The molecule has 0 saturated carbocycles. The molecule has 19 heavy (non-hydrogen) atoms. The minimum Gasteiger partial charge on any atom is -0.450 e. The Balaban J connectivity index is 1.59. The molecule has 2 aliphatic heterocycles. The van der Waals surface area contributed by atoms with Gasteiger partial charge in [-0.3, -0.25) is 4.90 Å². The second kappa shape index (κ2) is 5.21. The average Bonchev–Trinajstić information content (AvgIpc) is 3.00. The number of hydrogen-bond donors (Lipinski definition) is 0. The van der Waals surface area contributed by atoms with Crippen LogP contribution in [0.25, 0.3) is 0 Å². The maximum absolute atomic E-state index is 11.8. The van der Waals surface area contributed by atoms with Crippen molar-refractivity contribution in [3.05, 3.63) is 35.9 Å². The molecule has 102 valence electrons. The Hall–Kier alpha value is -1.55. The van der Waals surface area contributed by atoms with Gasteiger partial charge in [-0.15, -0.1) is 0 Å². The van der Waals surface area contributed by atoms with Gasteiger partial charge < -0.3 is 9.64 Å². The van der Waals surface area contributed by atoms with Gasteiger partial charge in [-0.25, -0.2) is 4.79 Å². The van der Waals surface area contributed by atoms with Crippen molar-refractivity contribution in [3.8, 4) is 0 Å². The Morgan fingerprint density at radius 3 is 2.68 bits per heavy atom.